The van der Waals surface area contributed by atoms with Crippen LogP contribution in [-0.4, -0.2) is 31.7 Å². The zero-order chi connectivity index (χ0) is 16.6. The number of carbonyl (C=O) groups is 2. The summed E-state index contributed by atoms with van der Waals surface area (Å²) in [4.78, 5) is 36.9. The summed E-state index contributed by atoms with van der Waals surface area (Å²) in [7, 11) is 0. The highest BCUT2D eigenvalue weighted by atomic mass is 16.7. The van der Waals surface area contributed by atoms with Crippen LogP contribution in [0.4, 0.5) is 5.95 Å². The number of anilines is 1. The van der Waals surface area contributed by atoms with Gasteiger partial charge in [0.2, 0.25) is 5.95 Å². The van der Waals surface area contributed by atoms with E-state index in [0.717, 1.165) is 16.0 Å². The van der Waals surface area contributed by atoms with E-state index in [1.807, 2.05) is 0 Å². The van der Waals surface area contributed by atoms with Gasteiger partial charge in [0.1, 0.15) is 11.2 Å². The molecule has 3 rings (SSSR count). The van der Waals surface area contributed by atoms with Crippen LogP contribution in [0.25, 0.3) is 22.0 Å². The van der Waals surface area contributed by atoms with Gasteiger partial charge in [0.25, 0.3) is 0 Å². The molecule has 0 saturated heterocycles. The van der Waals surface area contributed by atoms with Gasteiger partial charge >= 0.3 is 5.97 Å². The predicted molar refractivity (Wildman–Crippen MR) is 82.4 cm³/mol. The smallest absolute Gasteiger partial charge is 0.331 e. The summed E-state index contributed by atoms with van der Waals surface area (Å²) in [6, 6.07) is 5.28. The molecule has 8 heteroatoms. The molecule has 2 heterocycles. The van der Waals surface area contributed by atoms with Crippen LogP contribution in [0.5, 0.6) is 0 Å². The van der Waals surface area contributed by atoms with Crippen molar-refractivity contribution in [1.29, 1.82) is 0 Å². The van der Waals surface area contributed by atoms with Crippen molar-refractivity contribution in [3.63, 3.8) is 0 Å². The number of fused-ring (bicyclic) bond motifs is 1. The van der Waals surface area contributed by atoms with Crippen molar-refractivity contribution in [2.24, 2.45) is 0 Å². The maximum atomic E-state index is 11.8. The third kappa shape index (κ3) is 2.73. The molecule has 0 aliphatic rings. The summed E-state index contributed by atoms with van der Waals surface area (Å²) in [5.74, 6) is -0.575. The van der Waals surface area contributed by atoms with Gasteiger partial charge in [-0.05, 0) is 17.7 Å². The Kier molecular flexibility index (Phi) is 3.49. The molecule has 2 aromatic heterocycles. The molecule has 0 saturated carbocycles. The Morgan fingerprint density at radius 1 is 1.13 bits per heavy atom. The summed E-state index contributed by atoms with van der Waals surface area (Å²) >= 11 is 0. The molecule has 0 unspecified atom stereocenters. The lowest BCUT2D eigenvalue weighted by Crippen LogP contribution is -2.18. The van der Waals surface area contributed by atoms with E-state index in [4.69, 9.17) is 10.6 Å². The lowest BCUT2D eigenvalue weighted by molar-refractivity contribution is -0.142. The molecule has 116 valence electrons. The normalized spacial score (nSPS) is 10.7. The summed E-state index contributed by atoms with van der Waals surface area (Å²) in [5, 5.41) is 4.63. The second-order valence-electron chi connectivity index (χ2n) is 4.92. The van der Waals surface area contributed by atoms with Gasteiger partial charge in [0.15, 0.2) is 5.78 Å². The van der Waals surface area contributed by atoms with Gasteiger partial charge in [-0.25, -0.2) is 14.8 Å². The van der Waals surface area contributed by atoms with Crippen LogP contribution >= 0.6 is 0 Å². The SMILES string of the molecule is CC(=O)On1nc(C(C)=O)c2cc(-c3cnc(N)nc3)ccc21. The van der Waals surface area contributed by atoms with Gasteiger partial charge in [-0.2, -0.15) is 0 Å². The molecular weight excluding hydrogens is 298 g/mol. The molecule has 8 nitrogen and oxygen atoms in total. The number of nitrogens with two attached hydrogens (primary N) is 1. The number of benzene rings is 1. The number of ketones is 1. The van der Waals surface area contributed by atoms with Gasteiger partial charge in [-0.3, -0.25) is 4.79 Å². The van der Waals surface area contributed by atoms with Gasteiger partial charge in [0, 0.05) is 37.2 Å². The molecule has 2 N–H and O–H groups in total. The van der Waals surface area contributed by atoms with Crippen molar-refractivity contribution in [3.05, 3.63) is 36.3 Å². The number of aromatic nitrogens is 4. The molecule has 0 fully saturated rings. The third-order valence-electron chi connectivity index (χ3n) is 3.20. The topological polar surface area (TPSA) is 113 Å². The first-order valence-electron chi connectivity index (χ1n) is 6.76. The zero-order valence-corrected chi connectivity index (χ0v) is 12.5. The molecule has 3 aromatic rings. The minimum Gasteiger partial charge on any atom is -0.368 e. The van der Waals surface area contributed by atoms with E-state index >= 15 is 0 Å². The fourth-order valence-corrected chi connectivity index (χ4v) is 2.21. The number of rotatable bonds is 3. The number of hydrogen-bond donors (Lipinski definition) is 1. The lowest BCUT2D eigenvalue weighted by atomic mass is 10.1. The number of carbonyl (C=O) groups excluding carboxylic acids is 2. The van der Waals surface area contributed by atoms with Crippen LogP contribution in [0.3, 0.4) is 0 Å². The molecule has 0 atom stereocenters. The van der Waals surface area contributed by atoms with Gasteiger partial charge in [-0.1, -0.05) is 10.9 Å². The van der Waals surface area contributed by atoms with E-state index in [1.165, 1.54) is 13.8 Å². The van der Waals surface area contributed by atoms with E-state index in [2.05, 4.69) is 15.1 Å². The third-order valence-corrected chi connectivity index (χ3v) is 3.20. The van der Waals surface area contributed by atoms with Gasteiger partial charge in [0.05, 0.1) is 0 Å². The molecule has 1 aromatic carbocycles. The molecule has 0 aliphatic heterocycles. The first kappa shape index (κ1) is 14.6. The Labute approximate surface area is 130 Å². The van der Waals surface area contributed by atoms with Gasteiger partial charge < -0.3 is 10.6 Å². The standard InChI is InChI=1S/C15H13N5O3/c1-8(21)14-12-5-10(11-6-17-15(16)18-7-11)3-4-13(12)20(19-14)23-9(2)22/h3-7H,1-2H3,(H2,16,17,18). The highest BCUT2D eigenvalue weighted by molar-refractivity contribution is 6.05. The average molecular weight is 311 g/mol. The van der Waals surface area contributed by atoms with Crippen molar-refractivity contribution in [2.45, 2.75) is 13.8 Å². The van der Waals surface area contributed by atoms with Crippen LogP contribution in [0, 0.1) is 0 Å². The Balaban J connectivity index is 2.18. The Morgan fingerprint density at radius 3 is 2.43 bits per heavy atom. The molecule has 0 aliphatic carbocycles. The van der Waals surface area contributed by atoms with Crippen LogP contribution in [0.15, 0.2) is 30.6 Å². The molecule has 0 radical (unpaired) electrons. The highest BCUT2D eigenvalue weighted by Crippen LogP contribution is 2.26. The first-order chi connectivity index (χ1) is 11.0. The van der Waals surface area contributed by atoms with E-state index in [-0.39, 0.29) is 17.4 Å². The second-order valence-corrected chi connectivity index (χ2v) is 4.92. The second kappa shape index (κ2) is 5.48. The first-order valence-corrected chi connectivity index (χ1v) is 6.76. The average Bonchev–Trinajstić information content (AvgIpc) is 2.85. The number of nitrogens with zero attached hydrogens (tertiary/aromatic N) is 4. The molecule has 0 amide bonds. The number of hydrogen-bond acceptors (Lipinski definition) is 7. The Bertz CT molecular complexity index is 915. The maximum Gasteiger partial charge on any atom is 0.331 e. The molecule has 0 bridgehead atoms. The van der Waals surface area contributed by atoms with Crippen LogP contribution in [-0.2, 0) is 4.79 Å². The van der Waals surface area contributed by atoms with E-state index < -0.39 is 5.97 Å². The lowest BCUT2D eigenvalue weighted by Gasteiger charge is -2.03. The Morgan fingerprint density at radius 2 is 1.83 bits per heavy atom. The zero-order valence-electron chi connectivity index (χ0n) is 12.5. The van der Waals surface area contributed by atoms with E-state index in [1.54, 1.807) is 30.6 Å². The van der Waals surface area contributed by atoms with Crippen LogP contribution in [0.2, 0.25) is 0 Å². The van der Waals surface area contributed by atoms with Crippen molar-refractivity contribution < 1.29 is 14.4 Å². The van der Waals surface area contributed by atoms with Crippen molar-refractivity contribution >= 4 is 28.6 Å². The molecule has 23 heavy (non-hydrogen) atoms. The van der Waals surface area contributed by atoms with Crippen molar-refractivity contribution in [1.82, 2.24) is 19.9 Å². The van der Waals surface area contributed by atoms with Crippen LogP contribution < -0.4 is 10.6 Å². The van der Waals surface area contributed by atoms with Crippen LogP contribution in [0.1, 0.15) is 24.3 Å². The Hall–Kier alpha value is -3.29. The minimum atomic E-state index is -0.527. The fourth-order valence-electron chi connectivity index (χ4n) is 2.21. The van der Waals surface area contributed by atoms with E-state index in [9.17, 15) is 9.59 Å². The van der Waals surface area contributed by atoms with Crippen molar-refractivity contribution in [2.75, 3.05) is 5.73 Å². The minimum absolute atomic E-state index is 0.182. The largest absolute Gasteiger partial charge is 0.368 e. The number of nitrogen functional groups attached to an aromatic ring is 1. The summed E-state index contributed by atoms with van der Waals surface area (Å²) in [6.45, 7) is 2.67. The molecular formula is C15H13N5O3. The summed E-state index contributed by atoms with van der Waals surface area (Å²) in [6.07, 6.45) is 3.18. The number of Topliss-reactive ketones (excluding diaryl/α,β-unsaturated/α-hetero) is 1. The summed E-state index contributed by atoms with van der Waals surface area (Å²) in [5.41, 5.74) is 7.76. The molecule has 0 spiro atoms. The maximum absolute atomic E-state index is 11.8. The fraction of sp³-hybridized carbons (Fsp3) is 0.133. The van der Waals surface area contributed by atoms with E-state index in [0.29, 0.717) is 10.9 Å². The monoisotopic (exact) mass is 311 g/mol. The summed E-state index contributed by atoms with van der Waals surface area (Å²) < 4.78 is 0. The quantitative estimate of drug-likeness (QED) is 0.724. The highest BCUT2D eigenvalue weighted by Gasteiger charge is 2.17. The van der Waals surface area contributed by atoms with Gasteiger partial charge in [-0.15, -0.1) is 5.10 Å². The van der Waals surface area contributed by atoms with Crippen molar-refractivity contribution in [3.8, 4) is 11.1 Å². The predicted octanol–water partition coefficient (Wildman–Crippen LogP) is 1.25.